The highest BCUT2D eigenvalue weighted by Crippen LogP contribution is 2.22. The Kier molecular flexibility index (Phi) is 13.6. The number of rotatable bonds is 17. The fourth-order valence-corrected chi connectivity index (χ4v) is 3.88. The number of ether oxygens (including phenoxy) is 4. The molecule has 0 radical (unpaired) electrons. The molecule has 1 aromatic rings. The second-order valence-electron chi connectivity index (χ2n) is 8.41. The molecule has 1 unspecified atom stereocenters. The zero-order chi connectivity index (χ0) is 23.7. The summed E-state index contributed by atoms with van der Waals surface area (Å²) in [5, 5.41) is 9.10. The number of esters is 1. The number of carbonyl (C=O) groups excluding carboxylic acids is 1. The van der Waals surface area contributed by atoms with Crippen molar-refractivity contribution in [2.24, 2.45) is 0 Å². The first-order valence-electron chi connectivity index (χ1n) is 12.4. The lowest BCUT2D eigenvalue weighted by atomic mass is 9.97. The smallest absolute Gasteiger partial charge is 0.305 e. The number of unbranched alkanes of at least 4 members (excludes halogenated alkanes) is 3. The quantitative estimate of drug-likeness (QED) is 0.254. The van der Waals surface area contributed by atoms with E-state index in [9.17, 15) is 9.59 Å². The molecule has 0 bridgehead atoms. The van der Waals surface area contributed by atoms with Crippen molar-refractivity contribution in [3.05, 3.63) is 29.3 Å². The van der Waals surface area contributed by atoms with Crippen LogP contribution in [0.5, 0.6) is 5.75 Å². The molecule has 0 aliphatic carbocycles. The van der Waals surface area contributed by atoms with Crippen LogP contribution in [0.4, 0.5) is 0 Å². The normalized spacial score (nSPS) is 15.8. The van der Waals surface area contributed by atoms with Crippen molar-refractivity contribution in [3.8, 4) is 5.75 Å². The van der Waals surface area contributed by atoms with Crippen molar-refractivity contribution in [2.75, 3.05) is 26.4 Å². The molecule has 33 heavy (non-hydrogen) atoms. The van der Waals surface area contributed by atoms with Crippen molar-refractivity contribution in [1.29, 1.82) is 0 Å². The maximum absolute atomic E-state index is 11.4. The van der Waals surface area contributed by atoms with Gasteiger partial charge in [-0.3, -0.25) is 9.59 Å². The van der Waals surface area contributed by atoms with E-state index in [0.717, 1.165) is 63.7 Å². The number of aryl methyl sites for hydroxylation is 2. The van der Waals surface area contributed by atoms with Crippen LogP contribution in [-0.4, -0.2) is 49.8 Å². The predicted molar refractivity (Wildman–Crippen MR) is 125 cm³/mol. The summed E-state index contributed by atoms with van der Waals surface area (Å²) < 4.78 is 22.1. The van der Waals surface area contributed by atoms with Crippen LogP contribution >= 0.6 is 0 Å². The van der Waals surface area contributed by atoms with E-state index < -0.39 is 5.97 Å². The maximum atomic E-state index is 11.4. The lowest BCUT2D eigenvalue weighted by Gasteiger charge is -2.22. The van der Waals surface area contributed by atoms with Gasteiger partial charge < -0.3 is 24.1 Å². The van der Waals surface area contributed by atoms with Crippen molar-refractivity contribution in [1.82, 2.24) is 0 Å². The summed E-state index contributed by atoms with van der Waals surface area (Å²) in [7, 11) is 0. The standard InChI is InChI=1S/C26H40O7/c1-2-30-25(29)11-9-19-31-23-15-13-21(22(20-23)14-16-24(27)28)10-5-3-4-7-17-32-26-12-6-8-18-33-26/h13,15,20,26H,2-12,14,16-19H2,1H3,(H,27,28). The summed E-state index contributed by atoms with van der Waals surface area (Å²) in [4.78, 5) is 22.5. The summed E-state index contributed by atoms with van der Waals surface area (Å²) in [6.45, 7) is 4.15. The number of carbonyl (C=O) groups is 2. The molecule has 1 aromatic carbocycles. The van der Waals surface area contributed by atoms with Gasteiger partial charge in [0.2, 0.25) is 0 Å². The first kappa shape index (κ1) is 27.1. The Bertz CT molecular complexity index is 698. The van der Waals surface area contributed by atoms with E-state index in [-0.39, 0.29) is 18.7 Å². The average Bonchev–Trinajstić information content (AvgIpc) is 2.81. The van der Waals surface area contributed by atoms with Gasteiger partial charge in [-0.1, -0.05) is 18.9 Å². The molecular weight excluding hydrogens is 424 g/mol. The van der Waals surface area contributed by atoms with Crippen LogP contribution in [0.15, 0.2) is 18.2 Å². The van der Waals surface area contributed by atoms with Gasteiger partial charge in [0, 0.05) is 26.1 Å². The zero-order valence-electron chi connectivity index (χ0n) is 20.0. The molecule has 1 saturated heterocycles. The molecule has 0 saturated carbocycles. The van der Waals surface area contributed by atoms with Gasteiger partial charge in [0.15, 0.2) is 6.29 Å². The largest absolute Gasteiger partial charge is 0.494 e. The van der Waals surface area contributed by atoms with Crippen molar-refractivity contribution in [3.63, 3.8) is 0 Å². The predicted octanol–water partition coefficient (Wildman–Crippen LogP) is 5.07. The molecule has 1 aliphatic heterocycles. The molecule has 0 spiro atoms. The summed E-state index contributed by atoms with van der Waals surface area (Å²) in [5.41, 5.74) is 2.21. The summed E-state index contributed by atoms with van der Waals surface area (Å²) in [6, 6.07) is 5.92. The van der Waals surface area contributed by atoms with Crippen LogP contribution in [0.2, 0.25) is 0 Å². The molecule has 186 valence electrons. The Labute approximate surface area is 197 Å². The molecular formula is C26H40O7. The summed E-state index contributed by atoms with van der Waals surface area (Å²) >= 11 is 0. The topological polar surface area (TPSA) is 91.3 Å². The molecule has 2 rings (SSSR count). The second-order valence-corrected chi connectivity index (χ2v) is 8.41. The number of aliphatic carboxylic acids is 1. The van der Waals surface area contributed by atoms with Gasteiger partial charge in [0.25, 0.3) is 0 Å². The van der Waals surface area contributed by atoms with Crippen LogP contribution in [0.3, 0.4) is 0 Å². The number of carboxylic acid groups (broad SMARTS) is 1. The van der Waals surface area contributed by atoms with Crippen LogP contribution in [-0.2, 0) is 36.6 Å². The van der Waals surface area contributed by atoms with E-state index in [1.165, 1.54) is 12.0 Å². The van der Waals surface area contributed by atoms with Crippen LogP contribution in [0.25, 0.3) is 0 Å². The average molecular weight is 465 g/mol. The fraction of sp³-hybridized carbons (Fsp3) is 0.692. The second kappa shape index (κ2) is 16.5. The van der Waals surface area contributed by atoms with Crippen LogP contribution in [0.1, 0.15) is 82.3 Å². The van der Waals surface area contributed by atoms with Crippen molar-refractivity contribution >= 4 is 11.9 Å². The summed E-state index contributed by atoms with van der Waals surface area (Å²) in [6.07, 6.45) is 10.0. The van der Waals surface area contributed by atoms with Gasteiger partial charge in [-0.05, 0) is 81.5 Å². The SMILES string of the molecule is CCOC(=O)CCCOc1ccc(CCCCCCOC2CCCCO2)c(CCC(=O)O)c1. The molecule has 1 N–H and O–H groups in total. The zero-order valence-corrected chi connectivity index (χ0v) is 20.0. The highest BCUT2D eigenvalue weighted by atomic mass is 16.7. The number of benzene rings is 1. The minimum Gasteiger partial charge on any atom is -0.494 e. The minimum absolute atomic E-state index is 0.0126. The fourth-order valence-electron chi connectivity index (χ4n) is 3.88. The first-order chi connectivity index (χ1) is 16.1. The van der Waals surface area contributed by atoms with E-state index in [4.69, 9.17) is 24.1 Å². The first-order valence-corrected chi connectivity index (χ1v) is 12.4. The molecule has 7 heteroatoms. The Hall–Kier alpha value is -2.12. The van der Waals surface area contributed by atoms with Gasteiger partial charge in [0.1, 0.15) is 5.75 Å². The highest BCUT2D eigenvalue weighted by molar-refractivity contribution is 5.69. The van der Waals surface area contributed by atoms with Crippen LogP contribution < -0.4 is 4.74 Å². The van der Waals surface area contributed by atoms with Gasteiger partial charge in [-0.15, -0.1) is 0 Å². The summed E-state index contributed by atoms with van der Waals surface area (Å²) in [5.74, 6) is -0.304. The van der Waals surface area contributed by atoms with Gasteiger partial charge in [-0.25, -0.2) is 0 Å². The maximum Gasteiger partial charge on any atom is 0.305 e. The number of carboxylic acids is 1. The Balaban J connectivity index is 1.71. The Morgan fingerprint density at radius 2 is 1.85 bits per heavy atom. The van der Waals surface area contributed by atoms with Crippen molar-refractivity contribution < 1.29 is 33.6 Å². The number of hydrogen-bond donors (Lipinski definition) is 1. The lowest BCUT2D eigenvalue weighted by Crippen LogP contribution is -2.22. The van der Waals surface area contributed by atoms with Gasteiger partial charge in [0.05, 0.1) is 13.2 Å². The highest BCUT2D eigenvalue weighted by Gasteiger charge is 2.13. The van der Waals surface area contributed by atoms with E-state index in [0.29, 0.717) is 38.2 Å². The van der Waals surface area contributed by atoms with Gasteiger partial charge in [-0.2, -0.15) is 0 Å². The molecule has 0 amide bonds. The number of hydrogen-bond acceptors (Lipinski definition) is 6. The van der Waals surface area contributed by atoms with E-state index in [1.54, 1.807) is 6.92 Å². The van der Waals surface area contributed by atoms with Crippen molar-refractivity contribution in [2.45, 2.75) is 90.3 Å². The molecule has 1 fully saturated rings. The van der Waals surface area contributed by atoms with E-state index in [2.05, 4.69) is 0 Å². The molecule has 1 heterocycles. The minimum atomic E-state index is -0.802. The third-order valence-electron chi connectivity index (χ3n) is 5.67. The van der Waals surface area contributed by atoms with Gasteiger partial charge >= 0.3 is 11.9 Å². The van der Waals surface area contributed by atoms with E-state index >= 15 is 0 Å². The molecule has 7 nitrogen and oxygen atoms in total. The molecule has 0 aromatic heterocycles. The monoisotopic (exact) mass is 464 g/mol. The molecule has 1 atom stereocenters. The third kappa shape index (κ3) is 12.1. The molecule has 1 aliphatic rings. The Morgan fingerprint density at radius 3 is 2.61 bits per heavy atom. The Morgan fingerprint density at radius 1 is 1.00 bits per heavy atom. The van der Waals surface area contributed by atoms with Crippen LogP contribution in [0, 0.1) is 0 Å². The third-order valence-corrected chi connectivity index (χ3v) is 5.67. The van der Waals surface area contributed by atoms with E-state index in [1.807, 2.05) is 18.2 Å². The lowest BCUT2D eigenvalue weighted by molar-refractivity contribution is -0.162.